The highest BCUT2D eigenvalue weighted by atomic mass is 19.4. The third-order valence-electron chi connectivity index (χ3n) is 4.87. The highest BCUT2D eigenvalue weighted by molar-refractivity contribution is 5.79. The molecule has 0 fully saturated rings. The topological polar surface area (TPSA) is 64.7 Å². The smallest absolute Gasteiger partial charge is 0.352 e. The van der Waals surface area contributed by atoms with Gasteiger partial charge in [0, 0.05) is 17.8 Å². The Kier molecular flexibility index (Phi) is 6.09. The number of halogens is 7. The summed E-state index contributed by atoms with van der Waals surface area (Å²) in [4.78, 5) is 12.4. The molecule has 3 rings (SSSR count). The van der Waals surface area contributed by atoms with Gasteiger partial charge in [0.25, 0.3) is 12.9 Å². The summed E-state index contributed by atoms with van der Waals surface area (Å²) >= 11 is 0. The second kappa shape index (κ2) is 8.26. The fourth-order valence-corrected chi connectivity index (χ4v) is 3.47. The summed E-state index contributed by atoms with van der Waals surface area (Å²) in [5, 5.41) is 9.38. The summed E-state index contributed by atoms with van der Waals surface area (Å²) in [5.41, 5.74) is -2.10. The zero-order valence-electron chi connectivity index (χ0n) is 15.7. The number of hydrogen-bond donors (Lipinski definition) is 1. The van der Waals surface area contributed by atoms with E-state index in [0.29, 0.717) is 29.3 Å². The Labute approximate surface area is 166 Å². The van der Waals surface area contributed by atoms with Crippen LogP contribution in [0.25, 0.3) is 0 Å². The molecule has 13 heteroatoms. The molecule has 0 bridgehead atoms. The zero-order chi connectivity index (χ0) is 22.2. The molecule has 1 N–H and O–H groups in total. The van der Waals surface area contributed by atoms with Crippen LogP contribution < -0.4 is 5.32 Å². The number of carbonyl (C=O) groups excluding carboxylic acids is 1. The number of nitrogens with zero attached hydrogens (tertiary/aromatic N) is 4. The minimum Gasteiger partial charge on any atom is -0.352 e. The highest BCUT2D eigenvalue weighted by Crippen LogP contribution is 2.37. The molecule has 0 aromatic carbocycles. The first-order chi connectivity index (χ1) is 14.0. The van der Waals surface area contributed by atoms with Gasteiger partial charge in [-0.05, 0) is 32.3 Å². The Morgan fingerprint density at radius 1 is 1.17 bits per heavy atom. The highest BCUT2D eigenvalue weighted by Gasteiger charge is 2.41. The standard InChI is InChI=1S/C17H18F7N5O/c1-8(29-11-4-2-3-9(11)13(27-29)17(22,23)24)16(30)25-5-6-28-12(15(20)21)7-10(26-28)14(18)19/h7-8,14-15H,2-6H2,1H3,(H,25,30)/t8-/m0/s1. The zero-order valence-corrected chi connectivity index (χ0v) is 15.7. The fourth-order valence-electron chi connectivity index (χ4n) is 3.47. The van der Waals surface area contributed by atoms with Gasteiger partial charge in [-0.15, -0.1) is 0 Å². The molecule has 2 aromatic rings. The van der Waals surface area contributed by atoms with Gasteiger partial charge in [0.1, 0.15) is 17.4 Å². The molecule has 1 amide bonds. The molecule has 0 aliphatic heterocycles. The lowest BCUT2D eigenvalue weighted by Crippen LogP contribution is -2.34. The normalized spacial score (nSPS) is 15.1. The van der Waals surface area contributed by atoms with Crippen molar-refractivity contribution < 1.29 is 35.5 Å². The van der Waals surface area contributed by atoms with Gasteiger partial charge in [-0.25, -0.2) is 17.6 Å². The van der Waals surface area contributed by atoms with Gasteiger partial charge in [-0.1, -0.05) is 0 Å². The maximum absolute atomic E-state index is 13.2. The predicted octanol–water partition coefficient (Wildman–Crippen LogP) is 3.84. The average molecular weight is 441 g/mol. The predicted molar refractivity (Wildman–Crippen MR) is 89.1 cm³/mol. The second-order valence-corrected chi connectivity index (χ2v) is 6.86. The quantitative estimate of drug-likeness (QED) is 0.665. The first-order valence-corrected chi connectivity index (χ1v) is 9.09. The monoisotopic (exact) mass is 441 g/mol. The molecule has 0 saturated carbocycles. The molecular weight excluding hydrogens is 423 g/mol. The van der Waals surface area contributed by atoms with Gasteiger partial charge in [0.2, 0.25) is 5.91 Å². The fraction of sp³-hybridized carbons (Fsp3) is 0.588. The van der Waals surface area contributed by atoms with Crippen LogP contribution in [0.2, 0.25) is 0 Å². The van der Waals surface area contributed by atoms with Gasteiger partial charge in [-0.3, -0.25) is 14.2 Å². The van der Waals surface area contributed by atoms with Gasteiger partial charge in [-0.2, -0.15) is 23.4 Å². The van der Waals surface area contributed by atoms with Crippen molar-refractivity contribution in [1.82, 2.24) is 24.9 Å². The molecule has 0 spiro atoms. The van der Waals surface area contributed by atoms with Gasteiger partial charge >= 0.3 is 6.18 Å². The SMILES string of the molecule is C[C@@H](C(=O)NCCn1nc(C(F)F)cc1C(F)F)n1nc(C(F)(F)F)c2c1CCC2. The van der Waals surface area contributed by atoms with E-state index in [1.165, 1.54) is 6.92 Å². The lowest BCUT2D eigenvalue weighted by Gasteiger charge is -2.15. The third-order valence-corrected chi connectivity index (χ3v) is 4.87. The number of rotatable bonds is 7. The van der Waals surface area contributed by atoms with Crippen molar-refractivity contribution >= 4 is 5.91 Å². The number of hydrogen-bond acceptors (Lipinski definition) is 3. The molecule has 30 heavy (non-hydrogen) atoms. The van der Waals surface area contributed by atoms with Gasteiger partial charge in [0.15, 0.2) is 5.69 Å². The lowest BCUT2D eigenvalue weighted by molar-refractivity contribution is -0.142. The Hall–Kier alpha value is -2.60. The van der Waals surface area contributed by atoms with E-state index in [1.807, 2.05) is 0 Å². The second-order valence-electron chi connectivity index (χ2n) is 6.86. The van der Waals surface area contributed by atoms with E-state index in [1.54, 1.807) is 0 Å². The van der Waals surface area contributed by atoms with Crippen molar-refractivity contribution in [1.29, 1.82) is 0 Å². The first-order valence-electron chi connectivity index (χ1n) is 9.09. The third kappa shape index (κ3) is 4.29. The van der Waals surface area contributed by atoms with E-state index in [0.717, 1.165) is 4.68 Å². The Morgan fingerprint density at radius 3 is 2.47 bits per heavy atom. The number of nitrogens with one attached hydrogen (secondary N) is 1. The van der Waals surface area contributed by atoms with Crippen LogP contribution in [-0.4, -0.2) is 32.0 Å². The van der Waals surface area contributed by atoms with Crippen LogP contribution in [0.4, 0.5) is 30.7 Å². The minimum atomic E-state index is -4.63. The van der Waals surface area contributed by atoms with Crippen molar-refractivity contribution in [2.75, 3.05) is 6.54 Å². The van der Waals surface area contributed by atoms with E-state index in [4.69, 9.17) is 0 Å². The molecule has 0 radical (unpaired) electrons. The van der Waals surface area contributed by atoms with Crippen LogP contribution in [0.1, 0.15) is 60.6 Å². The number of carbonyl (C=O) groups is 1. The first kappa shape index (κ1) is 22.1. The number of aromatic nitrogens is 4. The molecule has 1 aliphatic rings. The summed E-state index contributed by atoms with van der Waals surface area (Å²) in [7, 11) is 0. The van der Waals surface area contributed by atoms with Crippen LogP contribution in [0, 0.1) is 0 Å². The largest absolute Gasteiger partial charge is 0.435 e. The Bertz CT molecular complexity index is 918. The summed E-state index contributed by atoms with van der Waals surface area (Å²) in [5.74, 6) is -0.680. The molecular formula is C17H18F7N5O. The van der Waals surface area contributed by atoms with E-state index < -0.39 is 48.1 Å². The molecule has 0 saturated heterocycles. The maximum Gasteiger partial charge on any atom is 0.435 e. The number of alkyl halides is 7. The van der Waals surface area contributed by atoms with Crippen LogP contribution in [-0.2, 0) is 30.4 Å². The summed E-state index contributed by atoms with van der Waals surface area (Å²) < 4.78 is 92.5. The molecule has 6 nitrogen and oxygen atoms in total. The van der Waals surface area contributed by atoms with Crippen molar-refractivity contribution in [3.8, 4) is 0 Å². The number of fused-ring (bicyclic) bond motifs is 1. The molecule has 1 atom stereocenters. The van der Waals surface area contributed by atoms with E-state index in [-0.39, 0.29) is 25.1 Å². The molecule has 1 aliphatic carbocycles. The van der Waals surface area contributed by atoms with Crippen molar-refractivity contribution in [2.24, 2.45) is 0 Å². The van der Waals surface area contributed by atoms with Crippen molar-refractivity contribution in [3.63, 3.8) is 0 Å². The van der Waals surface area contributed by atoms with Crippen LogP contribution in [0.5, 0.6) is 0 Å². The molecule has 166 valence electrons. The van der Waals surface area contributed by atoms with Crippen molar-refractivity contribution in [3.05, 3.63) is 34.4 Å². The van der Waals surface area contributed by atoms with Gasteiger partial charge < -0.3 is 5.32 Å². The van der Waals surface area contributed by atoms with Crippen LogP contribution >= 0.6 is 0 Å². The maximum atomic E-state index is 13.2. The van der Waals surface area contributed by atoms with Crippen molar-refractivity contribution in [2.45, 2.75) is 57.8 Å². The average Bonchev–Trinajstić information content (AvgIpc) is 3.34. The summed E-state index contributed by atoms with van der Waals surface area (Å²) in [6.45, 7) is 0.827. The Balaban J connectivity index is 1.68. The minimum absolute atomic E-state index is 0.0831. The van der Waals surface area contributed by atoms with Crippen LogP contribution in [0.15, 0.2) is 6.07 Å². The molecule has 2 heterocycles. The van der Waals surface area contributed by atoms with E-state index >= 15 is 0 Å². The summed E-state index contributed by atoms with van der Waals surface area (Å²) in [6, 6.07) is -0.484. The summed E-state index contributed by atoms with van der Waals surface area (Å²) in [6.07, 6.45) is -9.59. The van der Waals surface area contributed by atoms with E-state index in [2.05, 4.69) is 15.5 Å². The van der Waals surface area contributed by atoms with Gasteiger partial charge in [0.05, 0.1) is 6.54 Å². The van der Waals surface area contributed by atoms with Crippen LogP contribution in [0.3, 0.4) is 0 Å². The lowest BCUT2D eigenvalue weighted by atomic mass is 10.2. The molecule has 2 aromatic heterocycles. The number of amides is 1. The molecule has 0 unspecified atom stereocenters. The van der Waals surface area contributed by atoms with E-state index in [9.17, 15) is 35.5 Å². The Morgan fingerprint density at radius 2 is 1.87 bits per heavy atom.